The molecule has 0 bridgehead atoms. The van der Waals surface area contributed by atoms with E-state index in [1.807, 2.05) is 25.4 Å². The predicted molar refractivity (Wildman–Crippen MR) is 65.2 cm³/mol. The number of para-hydroxylation sites is 1. The molecule has 1 aromatic carbocycles. The van der Waals surface area contributed by atoms with Crippen LogP contribution >= 0.6 is 0 Å². The highest BCUT2D eigenvalue weighted by Gasteiger charge is 2.10. The fourth-order valence-electron chi connectivity index (χ4n) is 2.25. The van der Waals surface area contributed by atoms with Crippen LogP contribution in [0.3, 0.4) is 0 Å². The van der Waals surface area contributed by atoms with Crippen molar-refractivity contribution in [1.29, 1.82) is 0 Å². The zero-order chi connectivity index (χ0) is 11.7. The molecule has 1 amide bonds. The van der Waals surface area contributed by atoms with Crippen molar-refractivity contribution in [2.75, 3.05) is 0 Å². The monoisotopic (exact) mass is 216 g/mol. The summed E-state index contributed by atoms with van der Waals surface area (Å²) >= 11 is 0. The number of primary amides is 1. The topological polar surface area (TPSA) is 48.0 Å². The van der Waals surface area contributed by atoms with E-state index < -0.39 is 0 Å². The number of benzene rings is 1. The van der Waals surface area contributed by atoms with Gasteiger partial charge in [-0.3, -0.25) is 4.79 Å². The van der Waals surface area contributed by atoms with Gasteiger partial charge in [0.15, 0.2) is 0 Å². The van der Waals surface area contributed by atoms with Crippen LogP contribution in [0.15, 0.2) is 24.4 Å². The van der Waals surface area contributed by atoms with E-state index in [-0.39, 0.29) is 5.91 Å². The van der Waals surface area contributed by atoms with Crippen LogP contribution in [-0.2, 0) is 24.7 Å². The first-order valence-corrected chi connectivity index (χ1v) is 5.47. The molecule has 0 atom stereocenters. The first-order chi connectivity index (χ1) is 7.63. The van der Waals surface area contributed by atoms with Gasteiger partial charge in [-0.15, -0.1) is 0 Å². The Bertz CT molecular complexity index is 540. The van der Waals surface area contributed by atoms with Gasteiger partial charge in [-0.2, -0.15) is 0 Å². The van der Waals surface area contributed by atoms with Gasteiger partial charge in [-0.05, 0) is 17.5 Å². The fraction of sp³-hybridized carbons (Fsp3) is 0.308. The molecule has 84 valence electrons. The Morgan fingerprint density at radius 1 is 1.38 bits per heavy atom. The predicted octanol–water partition coefficient (Wildman–Crippen LogP) is 1.77. The minimum absolute atomic E-state index is 0.283. The Morgan fingerprint density at radius 3 is 2.75 bits per heavy atom. The molecule has 0 aliphatic carbocycles. The van der Waals surface area contributed by atoms with E-state index in [4.69, 9.17) is 5.73 Å². The van der Waals surface area contributed by atoms with Crippen LogP contribution in [0.5, 0.6) is 0 Å². The van der Waals surface area contributed by atoms with Gasteiger partial charge in [-0.1, -0.05) is 25.1 Å². The minimum atomic E-state index is -0.283. The second-order valence-electron chi connectivity index (χ2n) is 4.08. The molecule has 16 heavy (non-hydrogen) atoms. The van der Waals surface area contributed by atoms with Crippen LogP contribution in [0.1, 0.15) is 18.1 Å². The summed E-state index contributed by atoms with van der Waals surface area (Å²) in [5.41, 5.74) is 8.77. The van der Waals surface area contributed by atoms with Gasteiger partial charge in [-0.25, -0.2) is 0 Å². The Hall–Kier alpha value is -1.77. The number of nitrogens with two attached hydrogens (primary N) is 1. The molecule has 3 heteroatoms. The number of carbonyl (C=O) groups is 1. The number of rotatable bonds is 3. The lowest BCUT2D eigenvalue weighted by atomic mass is 10.1. The minimum Gasteiger partial charge on any atom is -0.369 e. The molecule has 3 nitrogen and oxygen atoms in total. The first-order valence-electron chi connectivity index (χ1n) is 5.47. The molecule has 2 aromatic rings. The molecule has 0 fully saturated rings. The molecule has 0 aliphatic heterocycles. The zero-order valence-corrected chi connectivity index (χ0v) is 9.66. The number of nitrogens with zero attached hydrogens (tertiary/aromatic N) is 1. The van der Waals surface area contributed by atoms with Crippen LogP contribution in [0.25, 0.3) is 10.9 Å². The van der Waals surface area contributed by atoms with Crippen LogP contribution in [0.4, 0.5) is 0 Å². The van der Waals surface area contributed by atoms with Gasteiger partial charge < -0.3 is 10.3 Å². The van der Waals surface area contributed by atoms with Crippen molar-refractivity contribution in [3.8, 4) is 0 Å². The van der Waals surface area contributed by atoms with Gasteiger partial charge in [0.2, 0.25) is 5.91 Å². The van der Waals surface area contributed by atoms with E-state index in [9.17, 15) is 4.79 Å². The average molecular weight is 216 g/mol. The SMILES string of the molecule is CCc1cccc2c(CC(N)=O)cn(C)c12. The molecule has 1 aromatic heterocycles. The van der Waals surface area contributed by atoms with E-state index >= 15 is 0 Å². The molecule has 2 N–H and O–H groups in total. The molecule has 0 saturated carbocycles. The number of carbonyl (C=O) groups excluding carboxylic acids is 1. The van der Waals surface area contributed by atoms with Gasteiger partial charge in [0, 0.05) is 18.6 Å². The summed E-state index contributed by atoms with van der Waals surface area (Å²) < 4.78 is 2.08. The summed E-state index contributed by atoms with van der Waals surface area (Å²) in [5.74, 6) is -0.283. The summed E-state index contributed by atoms with van der Waals surface area (Å²) in [6, 6.07) is 6.20. The maximum absolute atomic E-state index is 11.0. The number of amides is 1. The van der Waals surface area contributed by atoms with E-state index in [0.717, 1.165) is 17.4 Å². The van der Waals surface area contributed by atoms with Gasteiger partial charge >= 0.3 is 0 Å². The number of aromatic nitrogens is 1. The first kappa shape index (κ1) is 10.7. The molecule has 0 spiro atoms. The van der Waals surface area contributed by atoms with Crippen LogP contribution in [0.2, 0.25) is 0 Å². The van der Waals surface area contributed by atoms with Gasteiger partial charge in [0.05, 0.1) is 11.9 Å². The van der Waals surface area contributed by atoms with Gasteiger partial charge in [0.1, 0.15) is 0 Å². The van der Waals surface area contributed by atoms with E-state index in [2.05, 4.69) is 17.6 Å². The summed E-state index contributed by atoms with van der Waals surface area (Å²) in [5, 5.41) is 1.14. The maximum atomic E-state index is 11.0. The summed E-state index contributed by atoms with van der Waals surface area (Å²) in [4.78, 5) is 11.0. The molecule has 1 heterocycles. The number of hydrogen-bond donors (Lipinski definition) is 1. The van der Waals surface area contributed by atoms with E-state index in [1.165, 1.54) is 11.1 Å². The quantitative estimate of drug-likeness (QED) is 0.835. The summed E-state index contributed by atoms with van der Waals surface area (Å²) in [7, 11) is 2.01. The van der Waals surface area contributed by atoms with Crippen molar-refractivity contribution in [3.05, 3.63) is 35.5 Å². The number of aryl methyl sites for hydroxylation is 2. The largest absolute Gasteiger partial charge is 0.369 e. The molecule has 0 radical (unpaired) electrons. The van der Waals surface area contributed by atoms with Crippen molar-refractivity contribution >= 4 is 16.8 Å². The fourth-order valence-corrected chi connectivity index (χ4v) is 2.25. The zero-order valence-electron chi connectivity index (χ0n) is 9.66. The highest BCUT2D eigenvalue weighted by molar-refractivity contribution is 5.90. The molecule has 2 rings (SSSR count). The highest BCUT2D eigenvalue weighted by Crippen LogP contribution is 2.24. The standard InChI is InChI=1S/C13H16N2O/c1-3-9-5-4-6-11-10(7-12(14)16)8-15(2)13(9)11/h4-6,8H,3,7H2,1-2H3,(H2,14,16). The molecule has 0 aliphatic rings. The Balaban J connectivity index is 2.66. The molecule has 0 saturated heterocycles. The average Bonchev–Trinajstić information content (AvgIpc) is 2.55. The van der Waals surface area contributed by atoms with Gasteiger partial charge in [0.25, 0.3) is 0 Å². The second kappa shape index (κ2) is 4.00. The van der Waals surface area contributed by atoms with Crippen molar-refractivity contribution in [2.45, 2.75) is 19.8 Å². The summed E-state index contributed by atoms with van der Waals surface area (Å²) in [6.07, 6.45) is 3.30. The lowest BCUT2D eigenvalue weighted by Crippen LogP contribution is -2.13. The number of hydrogen-bond acceptors (Lipinski definition) is 1. The third-order valence-corrected chi connectivity index (χ3v) is 2.91. The van der Waals surface area contributed by atoms with Crippen molar-refractivity contribution in [3.63, 3.8) is 0 Å². The molecule has 0 unspecified atom stereocenters. The number of fused-ring (bicyclic) bond motifs is 1. The lowest BCUT2D eigenvalue weighted by Gasteiger charge is -2.02. The Labute approximate surface area is 94.9 Å². The van der Waals surface area contributed by atoms with E-state index in [1.54, 1.807) is 0 Å². The van der Waals surface area contributed by atoms with Crippen LogP contribution in [0, 0.1) is 0 Å². The highest BCUT2D eigenvalue weighted by atomic mass is 16.1. The lowest BCUT2D eigenvalue weighted by molar-refractivity contribution is -0.117. The summed E-state index contributed by atoms with van der Waals surface area (Å²) in [6.45, 7) is 2.13. The third-order valence-electron chi connectivity index (χ3n) is 2.91. The van der Waals surface area contributed by atoms with E-state index in [0.29, 0.717) is 6.42 Å². The molecular formula is C13H16N2O. The van der Waals surface area contributed by atoms with Crippen molar-refractivity contribution in [2.24, 2.45) is 12.8 Å². The van der Waals surface area contributed by atoms with Crippen LogP contribution < -0.4 is 5.73 Å². The Morgan fingerprint density at radius 2 is 2.12 bits per heavy atom. The third kappa shape index (κ3) is 1.69. The molecular weight excluding hydrogens is 200 g/mol. The maximum Gasteiger partial charge on any atom is 0.221 e. The van der Waals surface area contributed by atoms with Crippen LogP contribution in [-0.4, -0.2) is 10.5 Å². The smallest absolute Gasteiger partial charge is 0.221 e. The van der Waals surface area contributed by atoms with Crippen molar-refractivity contribution < 1.29 is 4.79 Å². The second-order valence-corrected chi connectivity index (χ2v) is 4.08. The normalized spacial score (nSPS) is 10.9. The van der Waals surface area contributed by atoms with Crippen molar-refractivity contribution in [1.82, 2.24) is 4.57 Å². The Kier molecular flexibility index (Phi) is 2.69.